The molecule has 28 heavy (non-hydrogen) atoms. The number of hydrogen-bond donors (Lipinski definition) is 0. The van der Waals surface area contributed by atoms with Crippen molar-refractivity contribution >= 4 is 17.4 Å². The standard InChI is InChI=1S/C22H30N2O4/c1-15(2)28-13-12-24-21(25)19(17-9-5-6-10-18(17)27-4)20(22(24)26)23-11-7-8-16(3)14-23/h5-6,9-10,15-16H,7-8,11-14H2,1-4H3. The summed E-state index contributed by atoms with van der Waals surface area (Å²) in [5.74, 6) is 0.588. The molecule has 0 N–H and O–H groups in total. The Morgan fingerprint density at radius 3 is 2.61 bits per heavy atom. The van der Waals surface area contributed by atoms with Crippen molar-refractivity contribution in [3.63, 3.8) is 0 Å². The van der Waals surface area contributed by atoms with E-state index >= 15 is 0 Å². The molecule has 2 aliphatic rings. The molecule has 1 saturated heterocycles. The van der Waals surface area contributed by atoms with Crippen molar-refractivity contribution < 1.29 is 19.1 Å². The van der Waals surface area contributed by atoms with Gasteiger partial charge in [-0.2, -0.15) is 0 Å². The fourth-order valence-corrected chi connectivity index (χ4v) is 3.93. The van der Waals surface area contributed by atoms with Crippen LogP contribution >= 0.6 is 0 Å². The Labute approximate surface area is 167 Å². The van der Waals surface area contributed by atoms with Crippen LogP contribution in [0.5, 0.6) is 5.75 Å². The van der Waals surface area contributed by atoms with Crippen LogP contribution in [0.15, 0.2) is 30.0 Å². The summed E-state index contributed by atoms with van der Waals surface area (Å²) in [6.45, 7) is 8.21. The lowest BCUT2D eigenvalue weighted by molar-refractivity contribution is -0.138. The van der Waals surface area contributed by atoms with Crippen molar-refractivity contribution in [2.45, 2.75) is 39.7 Å². The lowest BCUT2D eigenvalue weighted by Crippen LogP contribution is -2.40. The first-order chi connectivity index (χ1) is 13.4. The minimum absolute atomic E-state index is 0.0527. The fraction of sp³-hybridized carbons (Fsp3) is 0.545. The zero-order valence-corrected chi connectivity index (χ0v) is 17.2. The van der Waals surface area contributed by atoms with E-state index in [9.17, 15) is 9.59 Å². The molecule has 2 aliphatic heterocycles. The summed E-state index contributed by atoms with van der Waals surface area (Å²) in [6.07, 6.45) is 2.21. The summed E-state index contributed by atoms with van der Waals surface area (Å²) >= 11 is 0. The van der Waals surface area contributed by atoms with Crippen molar-refractivity contribution in [1.82, 2.24) is 9.80 Å². The summed E-state index contributed by atoms with van der Waals surface area (Å²) in [5.41, 5.74) is 1.62. The maximum atomic E-state index is 13.3. The molecule has 1 fully saturated rings. The Morgan fingerprint density at radius 2 is 1.93 bits per heavy atom. The van der Waals surface area contributed by atoms with Gasteiger partial charge in [0, 0.05) is 18.7 Å². The number of amides is 2. The molecule has 2 amide bonds. The van der Waals surface area contributed by atoms with Crippen molar-refractivity contribution in [2.75, 3.05) is 33.4 Å². The van der Waals surface area contributed by atoms with E-state index in [1.807, 2.05) is 38.1 Å². The van der Waals surface area contributed by atoms with Gasteiger partial charge in [0.25, 0.3) is 11.8 Å². The SMILES string of the molecule is COc1ccccc1C1=C(N2CCCC(C)C2)C(=O)N(CCOC(C)C)C1=O. The summed E-state index contributed by atoms with van der Waals surface area (Å²) < 4.78 is 11.1. The van der Waals surface area contributed by atoms with Gasteiger partial charge in [-0.1, -0.05) is 25.1 Å². The second-order valence-electron chi connectivity index (χ2n) is 7.80. The van der Waals surface area contributed by atoms with Crippen LogP contribution in [0.4, 0.5) is 0 Å². The topological polar surface area (TPSA) is 59.1 Å². The van der Waals surface area contributed by atoms with Gasteiger partial charge in [0.1, 0.15) is 11.4 Å². The lowest BCUT2D eigenvalue weighted by Gasteiger charge is -2.33. The summed E-state index contributed by atoms with van der Waals surface area (Å²) in [6, 6.07) is 7.40. The van der Waals surface area contributed by atoms with Gasteiger partial charge >= 0.3 is 0 Å². The normalized spacial score (nSPS) is 20.5. The fourth-order valence-electron chi connectivity index (χ4n) is 3.93. The number of benzene rings is 1. The van der Waals surface area contributed by atoms with Crippen LogP contribution in [0, 0.1) is 5.92 Å². The molecule has 2 heterocycles. The van der Waals surface area contributed by atoms with E-state index in [1.165, 1.54) is 4.90 Å². The highest BCUT2D eigenvalue weighted by atomic mass is 16.5. The zero-order valence-electron chi connectivity index (χ0n) is 17.2. The molecule has 0 aliphatic carbocycles. The van der Waals surface area contributed by atoms with Gasteiger partial charge in [-0.15, -0.1) is 0 Å². The van der Waals surface area contributed by atoms with E-state index in [0.717, 1.165) is 25.9 Å². The minimum Gasteiger partial charge on any atom is -0.496 e. The highest BCUT2D eigenvalue weighted by Crippen LogP contribution is 2.37. The van der Waals surface area contributed by atoms with Crippen LogP contribution < -0.4 is 4.74 Å². The van der Waals surface area contributed by atoms with E-state index in [0.29, 0.717) is 35.1 Å². The molecular formula is C22H30N2O4. The number of imide groups is 1. The number of carbonyl (C=O) groups is 2. The quantitative estimate of drug-likeness (QED) is 0.675. The highest BCUT2D eigenvalue weighted by molar-refractivity contribution is 6.36. The molecule has 6 nitrogen and oxygen atoms in total. The van der Waals surface area contributed by atoms with Crippen LogP contribution in [-0.2, 0) is 14.3 Å². The van der Waals surface area contributed by atoms with E-state index < -0.39 is 0 Å². The third kappa shape index (κ3) is 4.07. The van der Waals surface area contributed by atoms with E-state index in [1.54, 1.807) is 7.11 Å². The summed E-state index contributed by atoms with van der Waals surface area (Å²) in [7, 11) is 1.58. The Balaban J connectivity index is 2.00. The maximum Gasteiger partial charge on any atom is 0.277 e. The second-order valence-corrected chi connectivity index (χ2v) is 7.80. The molecule has 1 unspecified atom stereocenters. The van der Waals surface area contributed by atoms with Gasteiger partial charge < -0.3 is 14.4 Å². The lowest BCUT2D eigenvalue weighted by atomic mass is 9.97. The van der Waals surface area contributed by atoms with Crippen molar-refractivity contribution in [1.29, 1.82) is 0 Å². The number of methoxy groups -OCH3 is 1. The van der Waals surface area contributed by atoms with E-state index in [2.05, 4.69) is 11.8 Å². The predicted molar refractivity (Wildman–Crippen MR) is 108 cm³/mol. The summed E-state index contributed by atoms with van der Waals surface area (Å²) in [4.78, 5) is 30.0. The first kappa shape index (κ1) is 20.4. The largest absolute Gasteiger partial charge is 0.496 e. The number of likely N-dealkylation sites (tertiary alicyclic amines) is 1. The number of rotatable bonds is 7. The van der Waals surface area contributed by atoms with Gasteiger partial charge in [-0.25, -0.2) is 0 Å². The number of nitrogens with zero attached hydrogens (tertiary/aromatic N) is 2. The molecule has 0 saturated carbocycles. The number of hydrogen-bond acceptors (Lipinski definition) is 5. The molecule has 0 bridgehead atoms. The molecule has 0 aromatic heterocycles. The monoisotopic (exact) mass is 386 g/mol. The smallest absolute Gasteiger partial charge is 0.277 e. The molecule has 1 atom stereocenters. The van der Waals surface area contributed by atoms with Crippen LogP contribution in [-0.4, -0.2) is 61.1 Å². The minimum atomic E-state index is -0.268. The highest BCUT2D eigenvalue weighted by Gasteiger charge is 2.42. The molecule has 1 aromatic carbocycles. The third-order valence-electron chi connectivity index (χ3n) is 5.26. The molecule has 0 spiro atoms. The van der Waals surface area contributed by atoms with Gasteiger partial charge in [-0.05, 0) is 38.7 Å². The number of carbonyl (C=O) groups excluding carboxylic acids is 2. The molecule has 0 radical (unpaired) electrons. The maximum absolute atomic E-state index is 13.3. The number of para-hydroxylation sites is 1. The molecule has 1 aromatic rings. The summed E-state index contributed by atoms with van der Waals surface area (Å²) in [5, 5.41) is 0. The number of ether oxygens (including phenoxy) is 2. The Morgan fingerprint density at radius 1 is 1.18 bits per heavy atom. The predicted octanol–water partition coefficient (Wildman–Crippen LogP) is 2.93. The van der Waals surface area contributed by atoms with Crippen molar-refractivity contribution in [3.8, 4) is 5.75 Å². The molecule has 6 heteroatoms. The van der Waals surface area contributed by atoms with Crippen LogP contribution in [0.25, 0.3) is 5.57 Å². The van der Waals surface area contributed by atoms with E-state index in [-0.39, 0.29) is 24.5 Å². The van der Waals surface area contributed by atoms with Gasteiger partial charge in [0.2, 0.25) is 0 Å². The van der Waals surface area contributed by atoms with Crippen molar-refractivity contribution in [3.05, 3.63) is 35.5 Å². The molecule has 152 valence electrons. The van der Waals surface area contributed by atoms with Crippen molar-refractivity contribution in [2.24, 2.45) is 5.92 Å². The van der Waals surface area contributed by atoms with Crippen LogP contribution in [0.2, 0.25) is 0 Å². The Bertz CT molecular complexity index is 772. The number of piperidine rings is 1. The van der Waals surface area contributed by atoms with E-state index in [4.69, 9.17) is 9.47 Å². The first-order valence-electron chi connectivity index (χ1n) is 10.0. The zero-order chi connectivity index (χ0) is 20.3. The van der Waals surface area contributed by atoms with Gasteiger partial charge in [-0.3, -0.25) is 14.5 Å². The molecular weight excluding hydrogens is 356 g/mol. The average molecular weight is 386 g/mol. The average Bonchev–Trinajstić information content (AvgIpc) is 2.92. The Hall–Kier alpha value is -2.34. The van der Waals surface area contributed by atoms with Gasteiger partial charge in [0.05, 0.1) is 31.9 Å². The van der Waals surface area contributed by atoms with Gasteiger partial charge in [0.15, 0.2) is 0 Å². The van der Waals surface area contributed by atoms with Crippen LogP contribution in [0.1, 0.15) is 39.2 Å². The van der Waals surface area contributed by atoms with Crippen LogP contribution in [0.3, 0.4) is 0 Å². The Kier molecular flexibility index (Phi) is 6.39. The first-order valence-corrected chi connectivity index (χ1v) is 10.0. The second kappa shape index (κ2) is 8.78. The molecule has 3 rings (SSSR count). The third-order valence-corrected chi connectivity index (χ3v) is 5.26.